The summed E-state index contributed by atoms with van der Waals surface area (Å²) in [6, 6.07) is 0.169. The van der Waals surface area contributed by atoms with E-state index in [0.29, 0.717) is 12.5 Å². The van der Waals surface area contributed by atoms with Gasteiger partial charge in [0, 0.05) is 12.6 Å². The maximum absolute atomic E-state index is 11.6. The Morgan fingerprint density at radius 1 is 1.31 bits per heavy atom. The smallest absolute Gasteiger partial charge is 0.211 e. The average molecular weight is 248 g/mol. The van der Waals surface area contributed by atoms with Crippen LogP contribution in [0.5, 0.6) is 0 Å². The molecule has 1 rings (SSSR count). The Balaban J connectivity index is 2.32. The van der Waals surface area contributed by atoms with Gasteiger partial charge in [-0.3, -0.25) is 0 Å². The van der Waals surface area contributed by atoms with Crippen LogP contribution >= 0.6 is 0 Å². The number of rotatable bonds is 6. The fraction of sp³-hybridized carbons (Fsp3) is 1.00. The molecule has 1 aliphatic carbocycles. The predicted octanol–water partition coefficient (Wildman–Crippen LogP) is 1.22. The predicted molar refractivity (Wildman–Crippen MR) is 66.6 cm³/mol. The third-order valence-corrected chi connectivity index (χ3v) is 4.73. The summed E-state index contributed by atoms with van der Waals surface area (Å²) in [6.45, 7) is 2.51. The van der Waals surface area contributed by atoms with E-state index in [1.54, 1.807) is 0 Å². The van der Waals surface area contributed by atoms with Crippen molar-refractivity contribution in [3.63, 3.8) is 0 Å². The molecule has 0 amide bonds. The zero-order valence-electron chi connectivity index (χ0n) is 10.1. The van der Waals surface area contributed by atoms with Crippen molar-refractivity contribution in [2.45, 2.75) is 51.5 Å². The van der Waals surface area contributed by atoms with Crippen LogP contribution < -0.4 is 10.5 Å². The first-order valence-electron chi connectivity index (χ1n) is 6.28. The lowest BCUT2D eigenvalue weighted by molar-refractivity contribution is 0.308. The van der Waals surface area contributed by atoms with E-state index in [2.05, 4.69) is 4.72 Å². The first-order valence-corrected chi connectivity index (χ1v) is 7.93. The number of unbranched alkanes of at least 4 members (excludes halogenated alkanes) is 1. The molecule has 0 saturated heterocycles. The highest BCUT2D eigenvalue weighted by molar-refractivity contribution is 7.89. The van der Waals surface area contributed by atoms with E-state index in [1.165, 1.54) is 12.8 Å². The fourth-order valence-corrected chi connectivity index (χ4v) is 3.41. The van der Waals surface area contributed by atoms with Gasteiger partial charge in [-0.2, -0.15) is 0 Å². The van der Waals surface area contributed by atoms with Crippen molar-refractivity contribution in [1.29, 1.82) is 0 Å². The number of nitrogens with two attached hydrogens (primary N) is 1. The highest BCUT2D eigenvalue weighted by atomic mass is 32.2. The summed E-state index contributed by atoms with van der Waals surface area (Å²) in [5, 5.41) is 0. The van der Waals surface area contributed by atoms with Gasteiger partial charge < -0.3 is 5.73 Å². The van der Waals surface area contributed by atoms with Crippen molar-refractivity contribution >= 4 is 10.0 Å². The van der Waals surface area contributed by atoms with E-state index < -0.39 is 10.0 Å². The Labute approximate surface area is 99.0 Å². The number of sulfonamides is 1. The van der Waals surface area contributed by atoms with Crippen LogP contribution in [0.4, 0.5) is 0 Å². The van der Waals surface area contributed by atoms with E-state index in [1.807, 2.05) is 6.92 Å². The van der Waals surface area contributed by atoms with Crippen molar-refractivity contribution in [2.75, 3.05) is 12.3 Å². The average Bonchev–Trinajstić information content (AvgIpc) is 2.26. The van der Waals surface area contributed by atoms with Crippen molar-refractivity contribution in [2.24, 2.45) is 11.7 Å². The topological polar surface area (TPSA) is 72.2 Å². The minimum Gasteiger partial charge on any atom is -0.327 e. The van der Waals surface area contributed by atoms with Gasteiger partial charge in [-0.15, -0.1) is 0 Å². The zero-order chi connectivity index (χ0) is 12.0. The molecule has 1 aliphatic rings. The monoisotopic (exact) mass is 248 g/mol. The first kappa shape index (κ1) is 13.9. The lowest BCUT2D eigenvalue weighted by Crippen LogP contribution is -2.41. The molecule has 0 aromatic rings. The van der Waals surface area contributed by atoms with E-state index in [-0.39, 0.29) is 11.8 Å². The van der Waals surface area contributed by atoms with E-state index in [0.717, 1.165) is 25.7 Å². The molecular weight excluding hydrogens is 224 g/mol. The molecule has 2 atom stereocenters. The lowest BCUT2D eigenvalue weighted by atomic mass is 9.85. The van der Waals surface area contributed by atoms with Crippen LogP contribution in [-0.2, 0) is 10.0 Å². The van der Waals surface area contributed by atoms with Gasteiger partial charge >= 0.3 is 0 Å². The molecule has 0 bridgehead atoms. The SMILES string of the molecule is CCCCS(=O)(=O)NCC1CCCCC1N. The van der Waals surface area contributed by atoms with E-state index in [9.17, 15) is 8.42 Å². The highest BCUT2D eigenvalue weighted by Gasteiger charge is 2.23. The fourth-order valence-electron chi connectivity index (χ4n) is 2.13. The third-order valence-electron chi connectivity index (χ3n) is 3.30. The molecule has 0 radical (unpaired) electrons. The summed E-state index contributed by atoms with van der Waals surface area (Å²) < 4.78 is 25.9. The van der Waals surface area contributed by atoms with Gasteiger partial charge in [-0.25, -0.2) is 13.1 Å². The summed E-state index contributed by atoms with van der Waals surface area (Å²) in [4.78, 5) is 0. The second-order valence-electron chi connectivity index (χ2n) is 4.73. The maximum Gasteiger partial charge on any atom is 0.211 e. The van der Waals surface area contributed by atoms with E-state index >= 15 is 0 Å². The van der Waals surface area contributed by atoms with Gasteiger partial charge in [0.25, 0.3) is 0 Å². The van der Waals surface area contributed by atoms with Gasteiger partial charge in [-0.05, 0) is 25.2 Å². The molecule has 1 saturated carbocycles. The third kappa shape index (κ3) is 4.80. The van der Waals surface area contributed by atoms with Crippen LogP contribution in [0, 0.1) is 5.92 Å². The van der Waals surface area contributed by atoms with Crippen LogP contribution in [0.1, 0.15) is 45.4 Å². The molecule has 16 heavy (non-hydrogen) atoms. The molecule has 1 fully saturated rings. The molecule has 4 nitrogen and oxygen atoms in total. The summed E-state index contributed by atoms with van der Waals surface area (Å²) >= 11 is 0. The normalized spacial score (nSPS) is 26.9. The quantitative estimate of drug-likeness (QED) is 0.742. The molecule has 0 aromatic heterocycles. The Bertz CT molecular complexity index is 290. The second-order valence-corrected chi connectivity index (χ2v) is 6.66. The largest absolute Gasteiger partial charge is 0.327 e. The van der Waals surface area contributed by atoms with Gasteiger partial charge in [0.2, 0.25) is 10.0 Å². The van der Waals surface area contributed by atoms with Gasteiger partial charge in [0.1, 0.15) is 0 Å². The summed E-state index contributed by atoms with van der Waals surface area (Å²) in [5.74, 6) is 0.566. The molecule has 96 valence electrons. The van der Waals surface area contributed by atoms with Crippen LogP contribution in [0.2, 0.25) is 0 Å². The highest BCUT2D eigenvalue weighted by Crippen LogP contribution is 2.22. The van der Waals surface area contributed by atoms with Gasteiger partial charge in [0.05, 0.1) is 5.75 Å². The van der Waals surface area contributed by atoms with Crippen molar-refractivity contribution in [3.05, 3.63) is 0 Å². The Hall–Kier alpha value is -0.130. The van der Waals surface area contributed by atoms with Gasteiger partial charge in [-0.1, -0.05) is 26.2 Å². The van der Waals surface area contributed by atoms with Crippen LogP contribution in [-0.4, -0.2) is 26.8 Å². The van der Waals surface area contributed by atoms with Crippen molar-refractivity contribution in [1.82, 2.24) is 4.72 Å². The van der Waals surface area contributed by atoms with Gasteiger partial charge in [0.15, 0.2) is 0 Å². The summed E-state index contributed by atoms with van der Waals surface area (Å²) in [6.07, 6.45) is 6.07. The minimum atomic E-state index is -3.07. The van der Waals surface area contributed by atoms with Crippen LogP contribution in [0.15, 0.2) is 0 Å². The molecule has 2 unspecified atom stereocenters. The molecular formula is C11H24N2O2S. The molecule has 0 heterocycles. The summed E-state index contributed by atoms with van der Waals surface area (Å²) in [5.41, 5.74) is 5.97. The number of hydrogen-bond acceptors (Lipinski definition) is 3. The molecule has 3 N–H and O–H groups in total. The van der Waals surface area contributed by atoms with Crippen molar-refractivity contribution in [3.8, 4) is 0 Å². The Morgan fingerprint density at radius 2 is 2.00 bits per heavy atom. The Morgan fingerprint density at radius 3 is 2.62 bits per heavy atom. The lowest BCUT2D eigenvalue weighted by Gasteiger charge is -2.28. The molecule has 5 heteroatoms. The first-order chi connectivity index (χ1) is 7.55. The second kappa shape index (κ2) is 6.57. The minimum absolute atomic E-state index is 0.169. The number of nitrogens with one attached hydrogen (secondary N) is 1. The maximum atomic E-state index is 11.6. The Kier molecular flexibility index (Phi) is 5.72. The van der Waals surface area contributed by atoms with Crippen LogP contribution in [0.25, 0.3) is 0 Å². The molecule has 0 spiro atoms. The summed E-state index contributed by atoms with van der Waals surface area (Å²) in [7, 11) is -3.07. The zero-order valence-corrected chi connectivity index (χ0v) is 10.9. The molecule has 0 aromatic carbocycles. The van der Waals surface area contributed by atoms with E-state index in [4.69, 9.17) is 5.73 Å². The van der Waals surface area contributed by atoms with Crippen molar-refractivity contribution < 1.29 is 8.42 Å². The standard InChI is InChI=1S/C11H24N2O2S/c1-2-3-8-16(14,15)13-9-10-6-4-5-7-11(10)12/h10-11,13H,2-9,12H2,1H3. The van der Waals surface area contributed by atoms with Crippen LogP contribution in [0.3, 0.4) is 0 Å². The molecule has 0 aliphatic heterocycles. The number of hydrogen-bond donors (Lipinski definition) is 2.